The van der Waals surface area contributed by atoms with Crippen LogP contribution in [0.3, 0.4) is 0 Å². The van der Waals surface area contributed by atoms with E-state index < -0.39 is 14.9 Å². The Labute approximate surface area is 145 Å². The first kappa shape index (κ1) is 18.6. The highest BCUT2D eigenvalue weighted by Gasteiger charge is 2.17. The Hall–Kier alpha value is -2.78. The number of hydrogen-bond acceptors (Lipinski definition) is 6. The van der Waals surface area contributed by atoms with Crippen molar-refractivity contribution < 1.29 is 18.2 Å². The van der Waals surface area contributed by atoms with Gasteiger partial charge in [-0.25, -0.2) is 12.7 Å². The molecular formula is C16H17N3O5S. The Bertz CT molecular complexity index is 894. The van der Waals surface area contributed by atoms with Crippen LogP contribution in [0.2, 0.25) is 0 Å². The van der Waals surface area contributed by atoms with Gasteiger partial charge in [-0.1, -0.05) is 29.4 Å². The lowest BCUT2D eigenvalue weighted by Gasteiger charge is -2.11. The third-order valence-corrected chi connectivity index (χ3v) is 5.08. The first-order valence-corrected chi connectivity index (χ1v) is 8.66. The van der Waals surface area contributed by atoms with E-state index in [2.05, 4.69) is 5.16 Å². The van der Waals surface area contributed by atoms with Gasteiger partial charge >= 0.3 is 0 Å². The first-order valence-electron chi connectivity index (χ1n) is 7.22. The fourth-order valence-corrected chi connectivity index (χ4v) is 2.91. The molecule has 0 amide bonds. The largest absolute Gasteiger partial charge is 0.391 e. The van der Waals surface area contributed by atoms with E-state index in [4.69, 9.17) is 4.84 Å². The van der Waals surface area contributed by atoms with Gasteiger partial charge in [-0.3, -0.25) is 10.1 Å². The summed E-state index contributed by atoms with van der Waals surface area (Å²) in [6.07, 6.45) is 1.35. The highest BCUT2D eigenvalue weighted by atomic mass is 32.2. The number of nitro groups is 1. The maximum absolute atomic E-state index is 12.1. The summed E-state index contributed by atoms with van der Waals surface area (Å²) < 4.78 is 25.3. The molecule has 0 radical (unpaired) electrons. The van der Waals surface area contributed by atoms with Gasteiger partial charge in [-0.2, -0.15) is 0 Å². The molecule has 0 heterocycles. The molecule has 0 unspecified atom stereocenters. The third-order valence-electron chi connectivity index (χ3n) is 3.27. The molecule has 132 valence electrons. The van der Waals surface area contributed by atoms with Crippen LogP contribution >= 0.6 is 0 Å². The molecule has 0 fully saturated rings. The minimum Gasteiger partial charge on any atom is -0.391 e. The van der Waals surface area contributed by atoms with Crippen LogP contribution < -0.4 is 0 Å². The summed E-state index contributed by atoms with van der Waals surface area (Å²) in [6.45, 7) is 0.0716. The second-order valence-corrected chi connectivity index (χ2v) is 7.45. The lowest BCUT2D eigenvalue weighted by atomic mass is 10.2. The highest BCUT2D eigenvalue weighted by Crippen LogP contribution is 2.16. The van der Waals surface area contributed by atoms with Crippen molar-refractivity contribution in [3.63, 3.8) is 0 Å². The van der Waals surface area contributed by atoms with E-state index in [0.717, 1.165) is 4.31 Å². The molecule has 0 atom stereocenters. The Balaban J connectivity index is 2.03. The van der Waals surface area contributed by atoms with Crippen molar-refractivity contribution in [2.24, 2.45) is 5.16 Å². The van der Waals surface area contributed by atoms with Gasteiger partial charge < -0.3 is 4.84 Å². The molecule has 2 rings (SSSR count). The number of oxime groups is 1. The summed E-state index contributed by atoms with van der Waals surface area (Å²) in [5.74, 6) is 0. The van der Waals surface area contributed by atoms with E-state index >= 15 is 0 Å². The second kappa shape index (κ2) is 7.86. The predicted molar refractivity (Wildman–Crippen MR) is 92.8 cm³/mol. The van der Waals surface area contributed by atoms with Crippen LogP contribution in [0.4, 0.5) is 5.69 Å². The zero-order valence-corrected chi connectivity index (χ0v) is 14.5. The van der Waals surface area contributed by atoms with Crippen LogP contribution in [0.5, 0.6) is 0 Å². The number of rotatable bonds is 7. The number of benzene rings is 2. The molecule has 2 aromatic rings. The molecule has 9 heteroatoms. The van der Waals surface area contributed by atoms with Gasteiger partial charge in [0.2, 0.25) is 10.0 Å². The normalized spacial score (nSPS) is 11.8. The Morgan fingerprint density at radius 3 is 2.60 bits per heavy atom. The number of nitro benzene ring substituents is 1. The third kappa shape index (κ3) is 4.85. The van der Waals surface area contributed by atoms with Gasteiger partial charge in [-0.15, -0.1) is 0 Å². The van der Waals surface area contributed by atoms with Crippen molar-refractivity contribution in [1.29, 1.82) is 0 Å². The SMILES string of the molecule is CN(C)S(=O)(=O)c1cccc(CO/N=C/c2cccc([N+](=O)[O-])c2)c1. The van der Waals surface area contributed by atoms with E-state index in [1.54, 1.807) is 24.3 Å². The van der Waals surface area contributed by atoms with Crippen molar-refractivity contribution in [2.45, 2.75) is 11.5 Å². The fraction of sp³-hybridized carbons (Fsp3) is 0.188. The molecule has 0 aliphatic heterocycles. The minimum absolute atomic E-state index is 0.0365. The summed E-state index contributed by atoms with van der Waals surface area (Å²) >= 11 is 0. The lowest BCUT2D eigenvalue weighted by molar-refractivity contribution is -0.384. The number of sulfonamides is 1. The second-order valence-electron chi connectivity index (χ2n) is 5.29. The number of nitrogens with zero attached hydrogens (tertiary/aromatic N) is 3. The Morgan fingerprint density at radius 1 is 1.20 bits per heavy atom. The van der Waals surface area contributed by atoms with E-state index in [-0.39, 0.29) is 17.2 Å². The monoisotopic (exact) mass is 363 g/mol. The van der Waals surface area contributed by atoms with Crippen LogP contribution in [0, 0.1) is 10.1 Å². The van der Waals surface area contributed by atoms with Crippen molar-refractivity contribution in [2.75, 3.05) is 14.1 Å². The summed E-state index contributed by atoms with van der Waals surface area (Å²) in [6, 6.07) is 12.3. The van der Waals surface area contributed by atoms with Crippen molar-refractivity contribution in [1.82, 2.24) is 4.31 Å². The minimum atomic E-state index is -3.51. The van der Waals surface area contributed by atoms with Crippen molar-refractivity contribution in [3.8, 4) is 0 Å². The summed E-state index contributed by atoms with van der Waals surface area (Å²) in [5, 5.41) is 14.5. The summed E-state index contributed by atoms with van der Waals surface area (Å²) in [7, 11) is -0.590. The molecule has 0 aliphatic carbocycles. The maximum Gasteiger partial charge on any atom is 0.270 e. The molecule has 25 heavy (non-hydrogen) atoms. The van der Waals surface area contributed by atoms with E-state index in [9.17, 15) is 18.5 Å². The average molecular weight is 363 g/mol. The Kier molecular flexibility index (Phi) is 5.84. The fourth-order valence-electron chi connectivity index (χ4n) is 1.94. The number of hydrogen-bond donors (Lipinski definition) is 0. The van der Waals surface area contributed by atoms with Gasteiger partial charge in [0, 0.05) is 31.8 Å². The van der Waals surface area contributed by atoms with E-state index in [1.165, 1.54) is 44.6 Å². The quantitative estimate of drug-likeness (QED) is 0.427. The van der Waals surface area contributed by atoms with Gasteiger partial charge in [0.1, 0.15) is 6.61 Å². The molecule has 0 N–H and O–H groups in total. The molecule has 0 aromatic heterocycles. The van der Waals surface area contributed by atoms with Crippen LogP contribution in [0.25, 0.3) is 0 Å². The van der Waals surface area contributed by atoms with Gasteiger partial charge in [0.15, 0.2) is 0 Å². The number of non-ortho nitro benzene ring substituents is 1. The van der Waals surface area contributed by atoms with Crippen molar-refractivity contribution >= 4 is 21.9 Å². The first-order chi connectivity index (χ1) is 11.8. The van der Waals surface area contributed by atoms with Crippen molar-refractivity contribution in [3.05, 3.63) is 69.8 Å². The smallest absolute Gasteiger partial charge is 0.270 e. The predicted octanol–water partition coefficient (Wildman–Crippen LogP) is 2.40. The van der Waals surface area contributed by atoms with Gasteiger partial charge in [-0.05, 0) is 17.7 Å². The zero-order chi connectivity index (χ0) is 18.4. The van der Waals surface area contributed by atoms with Gasteiger partial charge in [0.25, 0.3) is 5.69 Å². The van der Waals surface area contributed by atoms with E-state index in [0.29, 0.717) is 11.1 Å². The molecular weight excluding hydrogens is 346 g/mol. The summed E-state index contributed by atoms with van der Waals surface area (Å²) in [5.41, 5.74) is 1.13. The molecule has 0 saturated heterocycles. The maximum atomic E-state index is 12.1. The Morgan fingerprint density at radius 2 is 1.92 bits per heavy atom. The van der Waals surface area contributed by atoms with E-state index in [1.807, 2.05) is 0 Å². The molecule has 0 aliphatic rings. The lowest BCUT2D eigenvalue weighted by Crippen LogP contribution is -2.22. The standard InChI is InChI=1S/C16H17N3O5S/c1-18(2)25(22,23)16-8-4-6-14(10-16)12-24-17-11-13-5-3-7-15(9-13)19(20)21/h3-11H,12H2,1-2H3/b17-11+. The molecule has 0 bridgehead atoms. The zero-order valence-electron chi connectivity index (χ0n) is 13.7. The highest BCUT2D eigenvalue weighted by molar-refractivity contribution is 7.89. The van der Waals surface area contributed by atoms with Crippen LogP contribution in [0.1, 0.15) is 11.1 Å². The molecule has 0 saturated carbocycles. The van der Waals surface area contributed by atoms with Crippen LogP contribution in [-0.4, -0.2) is 38.0 Å². The topological polar surface area (TPSA) is 102 Å². The molecule has 2 aromatic carbocycles. The van der Waals surface area contributed by atoms with Crippen LogP contribution in [-0.2, 0) is 21.5 Å². The molecule has 0 spiro atoms. The average Bonchev–Trinajstić information content (AvgIpc) is 2.59. The molecule has 8 nitrogen and oxygen atoms in total. The summed E-state index contributed by atoms with van der Waals surface area (Å²) in [4.78, 5) is 15.5. The van der Waals surface area contributed by atoms with Crippen LogP contribution in [0.15, 0.2) is 58.6 Å². The van der Waals surface area contributed by atoms with Gasteiger partial charge in [0.05, 0.1) is 16.0 Å².